The lowest BCUT2D eigenvalue weighted by atomic mass is 10.1. The van der Waals surface area contributed by atoms with Gasteiger partial charge in [-0.2, -0.15) is 0 Å². The monoisotopic (exact) mass is 260 g/mol. The Kier molecular flexibility index (Phi) is 9.18. The van der Waals surface area contributed by atoms with Crippen LogP contribution in [0.25, 0.3) is 0 Å². The molecular formula is C13H25ClN2O. The Labute approximate surface area is 111 Å². The van der Waals surface area contributed by atoms with Gasteiger partial charge in [0.15, 0.2) is 6.67 Å². The number of hydrogen-bond donors (Lipinski definition) is 1. The average Bonchev–Trinajstić information content (AvgIpc) is 2.72. The first-order valence-corrected chi connectivity index (χ1v) is 6.53. The summed E-state index contributed by atoms with van der Waals surface area (Å²) in [6.07, 6.45) is 12.0. The summed E-state index contributed by atoms with van der Waals surface area (Å²) in [5, 5.41) is 0. The zero-order valence-corrected chi connectivity index (χ0v) is 11.8. The molecule has 0 aromatic heterocycles. The fraction of sp³-hybridized carbons (Fsp3) is 0.769. The van der Waals surface area contributed by atoms with Gasteiger partial charge in [0.2, 0.25) is 0 Å². The molecule has 1 rings (SSSR count). The highest BCUT2D eigenvalue weighted by atomic mass is 35.5. The maximum absolute atomic E-state index is 11.1. The fourth-order valence-electron chi connectivity index (χ4n) is 2.00. The Hall–Kier alpha value is -0.540. The predicted octanol–water partition coefficient (Wildman–Crippen LogP) is -1.47. The van der Waals surface area contributed by atoms with Crippen LogP contribution in [0.2, 0.25) is 0 Å². The largest absolute Gasteiger partial charge is 1.00 e. The second-order valence-corrected chi connectivity index (χ2v) is 4.64. The molecule has 0 saturated carbocycles. The van der Waals surface area contributed by atoms with Crippen LogP contribution in [-0.2, 0) is 4.79 Å². The van der Waals surface area contributed by atoms with Crippen molar-refractivity contribution in [3.05, 3.63) is 12.4 Å². The van der Waals surface area contributed by atoms with Crippen LogP contribution >= 0.6 is 0 Å². The zero-order chi connectivity index (χ0) is 11.8. The van der Waals surface area contributed by atoms with Gasteiger partial charge in [-0.25, -0.2) is 9.69 Å². The predicted molar refractivity (Wildman–Crippen MR) is 65.7 cm³/mol. The number of nitrogens with one attached hydrogen (secondary N) is 1. The molecule has 1 aliphatic rings. The van der Waals surface area contributed by atoms with E-state index >= 15 is 0 Å². The number of halogens is 1. The average molecular weight is 261 g/mol. The van der Waals surface area contributed by atoms with Gasteiger partial charge in [-0.3, -0.25) is 0 Å². The summed E-state index contributed by atoms with van der Waals surface area (Å²) in [7, 11) is 0. The standard InChI is InChI=1S/C13H24N2O.ClH/c1-3-4-5-6-7-8-9-14-10-11-15(12-14)13(2)16;/h10-11H,3-9,12H2,1-2H3;1H. The summed E-state index contributed by atoms with van der Waals surface area (Å²) in [4.78, 5) is 14.3. The second kappa shape index (κ2) is 9.49. The quantitative estimate of drug-likeness (QED) is 0.566. The Morgan fingerprint density at radius 3 is 2.47 bits per heavy atom. The summed E-state index contributed by atoms with van der Waals surface area (Å²) in [5.74, 6) is 0.210. The highest BCUT2D eigenvalue weighted by molar-refractivity contribution is 5.63. The van der Waals surface area contributed by atoms with E-state index in [0.29, 0.717) is 0 Å². The van der Waals surface area contributed by atoms with Crippen molar-refractivity contribution in [1.29, 1.82) is 0 Å². The third-order valence-corrected chi connectivity index (χ3v) is 3.11. The van der Waals surface area contributed by atoms with E-state index in [4.69, 9.17) is 0 Å². The SMILES string of the molecule is CCCCCCCCN1C=C[NH+](C(C)=O)C1.[Cl-]. The molecule has 4 heteroatoms. The molecule has 0 aromatic rings. The second-order valence-electron chi connectivity index (χ2n) is 4.64. The van der Waals surface area contributed by atoms with Crippen LogP contribution in [0.15, 0.2) is 12.4 Å². The van der Waals surface area contributed by atoms with E-state index in [2.05, 4.69) is 18.0 Å². The van der Waals surface area contributed by atoms with Gasteiger partial charge in [-0.1, -0.05) is 39.0 Å². The molecule has 0 aliphatic carbocycles. The van der Waals surface area contributed by atoms with Gasteiger partial charge in [-0.05, 0) is 6.42 Å². The molecule has 17 heavy (non-hydrogen) atoms. The molecule has 0 fully saturated rings. The van der Waals surface area contributed by atoms with Crippen molar-refractivity contribution in [2.45, 2.75) is 52.4 Å². The maximum Gasteiger partial charge on any atom is 0.315 e. The highest BCUT2D eigenvalue weighted by Crippen LogP contribution is 2.06. The van der Waals surface area contributed by atoms with Crippen molar-refractivity contribution in [3.8, 4) is 0 Å². The molecule has 0 bridgehead atoms. The normalized spacial score (nSPS) is 18.2. The molecule has 0 spiro atoms. The van der Waals surface area contributed by atoms with Crippen molar-refractivity contribution in [2.24, 2.45) is 0 Å². The molecule has 1 N–H and O–H groups in total. The third kappa shape index (κ3) is 6.69. The number of amides is 1. The Morgan fingerprint density at radius 1 is 1.24 bits per heavy atom. The first-order valence-electron chi connectivity index (χ1n) is 6.53. The number of unbranched alkanes of at least 4 members (excludes halogenated alkanes) is 5. The van der Waals surface area contributed by atoms with Crippen LogP contribution in [0.4, 0.5) is 0 Å². The van der Waals surface area contributed by atoms with Crippen molar-refractivity contribution < 1.29 is 22.1 Å². The van der Waals surface area contributed by atoms with Crippen LogP contribution in [-0.4, -0.2) is 24.0 Å². The van der Waals surface area contributed by atoms with E-state index in [1.165, 1.54) is 38.5 Å². The van der Waals surface area contributed by atoms with E-state index in [1.54, 1.807) is 6.92 Å². The van der Waals surface area contributed by atoms with Gasteiger partial charge in [-0.15, -0.1) is 0 Å². The number of rotatable bonds is 7. The van der Waals surface area contributed by atoms with E-state index in [9.17, 15) is 4.79 Å². The van der Waals surface area contributed by atoms with E-state index < -0.39 is 0 Å². The smallest absolute Gasteiger partial charge is 0.315 e. The van der Waals surface area contributed by atoms with E-state index in [-0.39, 0.29) is 18.3 Å². The number of nitrogens with zero attached hydrogens (tertiary/aromatic N) is 1. The zero-order valence-electron chi connectivity index (χ0n) is 11.0. The molecule has 0 saturated heterocycles. The Morgan fingerprint density at radius 2 is 1.88 bits per heavy atom. The molecule has 0 radical (unpaired) electrons. The van der Waals surface area contributed by atoms with Gasteiger partial charge in [0.25, 0.3) is 0 Å². The molecule has 1 atom stereocenters. The third-order valence-electron chi connectivity index (χ3n) is 3.11. The van der Waals surface area contributed by atoms with Gasteiger partial charge in [0.1, 0.15) is 6.20 Å². The minimum absolute atomic E-state index is 0. The molecule has 0 aromatic carbocycles. The number of carbonyl (C=O) groups is 1. The summed E-state index contributed by atoms with van der Waals surface area (Å²) >= 11 is 0. The first kappa shape index (κ1) is 16.5. The topological polar surface area (TPSA) is 24.8 Å². The molecular weight excluding hydrogens is 236 g/mol. The summed E-state index contributed by atoms with van der Waals surface area (Å²) in [6, 6.07) is 0. The molecule has 100 valence electrons. The number of quaternary nitrogens is 1. The molecule has 1 amide bonds. The van der Waals surface area contributed by atoms with Crippen LogP contribution in [0.5, 0.6) is 0 Å². The Bertz CT molecular complexity index is 244. The lowest BCUT2D eigenvalue weighted by molar-refractivity contribution is -0.765. The van der Waals surface area contributed by atoms with Crippen LogP contribution < -0.4 is 17.3 Å². The first-order chi connectivity index (χ1) is 7.74. The highest BCUT2D eigenvalue weighted by Gasteiger charge is 2.19. The lowest BCUT2D eigenvalue weighted by Crippen LogP contribution is -3.09. The fourth-order valence-corrected chi connectivity index (χ4v) is 2.00. The molecule has 1 heterocycles. The maximum atomic E-state index is 11.1. The van der Waals surface area contributed by atoms with Crippen molar-refractivity contribution >= 4 is 5.91 Å². The molecule has 1 unspecified atom stereocenters. The summed E-state index contributed by atoms with van der Waals surface area (Å²) < 4.78 is 0. The van der Waals surface area contributed by atoms with Crippen molar-refractivity contribution in [1.82, 2.24) is 4.90 Å². The van der Waals surface area contributed by atoms with Gasteiger partial charge < -0.3 is 17.3 Å². The molecule has 1 aliphatic heterocycles. The van der Waals surface area contributed by atoms with Gasteiger partial charge in [0.05, 0.1) is 13.1 Å². The summed E-state index contributed by atoms with van der Waals surface area (Å²) in [6.45, 7) is 5.81. The van der Waals surface area contributed by atoms with E-state index in [1.807, 2.05) is 6.20 Å². The van der Waals surface area contributed by atoms with Crippen LogP contribution in [0.3, 0.4) is 0 Å². The lowest BCUT2D eigenvalue weighted by Gasteiger charge is -2.14. The summed E-state index contributed by atoms with van der Waals surface area (Å²) in [5.41, 5.74) is 0. The van der Waals surface area contributed by atoms with Gasteiger partial charge in [0, 0.05) is 6.54 Å². The number of carbonyl (C=O) groups excluding carboxylic acids is 1. The van der Waals surface area contributed by atoms with Crippen molar-refractivity contribution in [2.75, 3.05) is 13.2 Å². The van der Waals surface area contributed by atoms with Crippen LogP contribution in [0.1, 0.15) is 52.4 Å². The number of hydrogen-bond acceptors (Lipinski definition) is 2. The van der Waals surface area contributed by atoms with E-state index in [0.717, 1.165) is 18.1 Å². The Balaban J connectivity index is 0.00000256. The molecule has 3 nitrogen and oxygen atoms in total. The minimum atomic E-state index is 0. The van der Waals surface area contributed by atoms with Crippen LogP contribution in [0, 0.1) is 0 Å². The van der Waals surface area contributed by atoms with Gasteiger partial charge >= 0.3 is 5.91 Å². The minimum Gasteiger partial charge on any atom is -1.00 e. The van der Waals surface area contributed by atoms with Crippen molar-refractivity contribution in [3.63, 3.8) is 0 Å².